The van der Waals surface area contributed by atoms with E-state index in [2.05, 4.69) is 37.9 Å². The van der Waals surface area contributed by atoms with Gasteiger partial charge in [0.2, 0.25) is 5.91 Å². The molecule has 0 spiro atoms. The second-order valence-electron chi connectivity index (χ2n) is 12.9. The third-order valence-electron chi connectivity index (χ3n) is 9.26. The van der Waals surface area contributed by atoms with Gasteiger partial charge in [-0.2, -0.15) is 0 Å². The summed E-state index contributed by atoms with van der Waals surface area (Å²) in [5.41, 5.74) is 4.09. The molecule has 3 nitrogen and oxygen atoms in total. The van der Waals surface area contributed by atoms with Gasteiger partial charge in [0.1, 0.15) is 0 Å². The molecule has 3 heteroatoms. The minimum absolute atomic E-state index is 0.0347. The number of hydrogen-bond acceptors (Lipinski definition) is 2. The molecule has 0 aromatic carbocycles. The highest BCUT2D eigenvalue weighted by atomic mass is 16.3. The minimum Gasteiger partial charge on any atom is -0.390 e. The normalized spacial score (nSPS) is 33.4. The fourth-order valence-corrected chi connectivity index (χ4v) is 7.18. The van der Waals surface area contributed by atoms with Crippen molar-refractivity contribution in [2.24, 2.45) is 29.1 Å². The SMILES string of the molecule is C=C1CC[C@@H](NC(=O)C(C)C)C/C1=C/C=C1\CCC[C@@]2(C)C1CCC2[C@H](C)CCCC(C)(C)O. The predicted molar refractivity (Wildman–Crippen MR) is 143 cm³/mol. The molecule has 0 aliphatic heterocycles. The number of carbonyl (C=O) groups is 1. The number of carbonyl (C=O) groups excluding carboxylic acids is 1. The minimum atomic E-state index is -0.546. The standard InChI is InChI=1S/C31H51NO2/c1-21(2)29(33)32-26-15-12-22(3)25(20-26)14-13-24-11-9-19-31(7)27(16-17-28(24)31)23(4)10-8-18-30(5,6)34/h13-14,21,23,26-28,34H,3,8-12,15-20H2,1-2,4-7H3,(H,32,33)/b24-13+,25-14-/t23-,26-,27?,28?,31-/m1/s1. The van der Waals surface area contributed by atoms with Gasteiger partial charge in [-0.15, -0.1) is 0 Å². The van der Waals surface area contributed by atoms with Crippen molar-refractivity contribution in [1.29, 1.82) is 0 Å². The van der Waals surface area contributed by atoms with Gasteiger partial charge >= 0.3 is 0 Å². The first-order chi connectivity index (χ1) is 15.9. The topological polar surface area (TPSA) is 49.3 Å². The van der Waals surface area contributed by atoms with Crippen molar-refractivity contribution in [3.8, 4) is 0 Å². The van der Waals surface area contributed by atoms with Crippen molar-refractivity contribution in [3.05, 3.63) is 35.5 Å². The van der Waals surface area contributed by atoms with Crippen molar-refractivity contribution >= 4 is 5.91 Å². The van der Waals surface area contributed by atoms with Crippen LogP contribution in [0.5, 0.6) is 0 Å². The molecule has 0 aromatic rings. The van der Waals surface area contributed by atoms with E-state index in [0.717, 1.165) is 43.9 Å². The van der Waals surface area contributed by atoms with E-state index in [1.165, 1.54) is 49.7 Å². The Morgan fingerprint density at radius 1 is 1.21 bits per heavy atom. The van der Waals surface area contributed by atoms with Crippen LogP contribution in [0, 0.1) is 29.1 Å². The van der Waals surface area contributed by atoms with E-state index >= 15 is 0 Å². The number of aliphatic hydroxyl groups is 1. The van der Waals surface area contributed by atoms with Crippen LogP contribution in [-0.4, -0.2) is 22.7 Å². The van der Waals surface area contributed by atoms with Gasteiger partial charge in [-0.3, -0.25) is 4.79 Å². The molecule has 3 aliphatic rings. The van der Waals surface area contributed by atoms with Crippen molar-refractivity contribution in [3.63, 3.8) is 0 Å². The lowest BCUT2D eigenvalue weighted by Crippen LogP contribution is -2.39. The predicted octanol–water partition coefficient (Wildman–Crippen LogP) is 7.51. The summed E-state index contributed by atoms with van der Waals surface area (Å²) in [6.07, 6.45) is 17.4. The molecule has 2 unspecified atom stereocenters. The molecule has 3 rings (SSSR count). The van der Waals surface area contributed by atoms with Gasteiger partial charge in [-0.25, -0.2) is 0 Å². The molecule has 0 saturated heterocycles. The number of allylic oxidation sites excluding steroid dienone is 4. The summed E-state index contributed by atoms with van der Waals surface area (Å²) in [4.78, 5) is 12.2. The maximum atomic E-state index is 12.2. The zero-order valence-corrected chi connectivity index (χ0v) is 22.9. The number of rotatable bonds is 8. The van der Waals surface area contributed by atoms with Gasteiger partial charge in [0, 0.05) is 12.0 Å². The highest BCUT2D eigenvalue weighted by Crippen LogP contribution is 2.60. The van der Waals surface area contributed by atoms with E-state index in [-0.39, 0.29) is 17.9 Å². The first kappa shape index (κ1) is 27.2. The van der Waals surface area contributed by atoms with E-state index in [9.17, 15) is 9.90 Å². The molecule has 0 aromatic heterocycles. The van der Waals surface area contributed by atoms with E-state index < -0.39 is 5.60 Å². The Labute approximate surface area is 209 Å². The summed E-state index contributed by atoms with van der Waals surface area (Å²) in [6, 6.07) is 0.238. The largest absolute Gasteiger partial charge is 0.390 e. The Bertz CT molecular complexity index is 799. The number of amides is 1. The summed E-state index contributed by atoms with van der Waals surface area (Å²) >= 11 is 0. The average Bonchev–Trinajstić information content (AvgIpc) is 3.10. The Balaban J connectivity index is 1.67. The van der Waals surface area contributed by atoms with Crippen LogP contribution in [0.25, 0.3) is 0 Å². The molecule has 192 valence electrons. The molecular weight excluding hydrogens is 418 g/mol. The van der Waals surface area contributed by atoms with Crippen LogP contribution < -0.4 is 5.32 Å². The fraction of sp³-hybridized carbons (Fsp3) is 0.774. The van der Waals surface area contributed by atoms with Gasteiger partial charge in [0.05, 0.1) is 5.60 Å². The van der Waals surface area contributed by atoms with Crippen molar-refractivity contribution in [2.75, 3.05) is 0 Å². The molecule has 3 aliphatic carbocycles. The Morgan fingerprint density at radius 2 is 1.94 bits per heavy atom. The molecule has 0 heterocycles. The van der Waals surface area contributed by atoms with Crippen molar-refractivity contribution < 1.29 is 9.90 Å². The van der Waals surface area contributed by atoms with Crippen molar-refractivity contribution in [2.45, 2.75) is 124 Å². The Morgan fingerprint density at radius 3 is 2.62 bits per heavy atom. The first-order valence-electron chi connectivity index (χ1n) is 14.0. The fourth-order valence-electron chi connectivity index (χ4n) is 7.18. The molecule has 3 saturated carbocycles. The summed E-state index contributed by atoms with van der Waals surface area (Å²) < 4.78 is 0. The van der Waals surface area contributed by atoms with Crippen LogP contribution in [0.4, 0.5) is 0 Å². The lowest BCUT2D eigenvalue weighted by atomic mass is 9.60. The zero-order valence-electron chi connectivity index (χ0n) is 22.9. The summed E-state index contributed by atoms with van der Waals surface area (Å²) in [6.45, 7) is 17.1. The number of hydrogen-bond donors (Lipinski definition) is 2. The van der Waals surface area contributed by atoms with E-state index in [4.69, 9.17) is 0 Å². The van der Waals surface area contributed by atoms with E-state index in [1.54, 1.807) is 5.57 Å². The first-order valence-corrected chi connectivity index (χ1v) is 14.0. The van der Waals surface area contributed by atoms with Gasteiger partial charge in [-0.05, 0) is 100 Å². The van der Waals surface area contributed by atoms with Crippen LogP contribution >= 0.6 is 0 Å². The molecule has 2 N–H and O–H groups in total. The Kier molecular flexibility index (Phi) is 8.93. The van der Waals surface area contributed by atoms with E-state index in [0.29, 0.717) is 11.3 Å². The highest BCUT2D eigenvalue weighted by molar-refractivity contribution is 5.78. The number of fused-ring (bicyclic) bond motifs is 1. The summed E-state index contributed by atoms with van der Waals surface area (Å²) in [7, 11) is 0. The van der Waals surface area contributed by atoms with Crippen LogP contribution in [0.3, 0.4) is 0 Å². The average molecular weight is 470 g/mol. The van der Waals surface area contributed by atoms with Crippen LogP contribution in [0.1, 0.15) is 112 Å². The van der Waals surface area contributed by atoms with Crippen LogP contribution in [0.15, 0.2) is 35.5 Å². The van der Waals surface area contributed by atoms with Gasteiger partial charge in [0.15, 0.2) is 0 Å². The molecule has 0 bridgehead atoms. The van der Waals surface area contributed by atoms with Crippen LogP contribution in [-0.2, 0) is 4.79 Å². The molecular formula is C31H51NO2. The molecule has 3 fully saturated rings. The smallest absolute Gasteiger partial charge is 0.222 e. The number of nitrogens with one attached hydrogen (secondary N) is 1. The maximum Gasteiger partial charge on any atom is 0.222 e. The second-order valence-corrected chi connectivity index (χ2v) is 12.9. The molecule has 5 atom stereocenters. The third kappa shape index (κ3) is 6.65. The van der Waals surface area contributed by atoms with Crippen molar-refractivity contribution in [1.82, 2.24) is 5.32 Å². The zero-order chi connectivity index (χ0) is 25.1. The third-order valence-corrected chi connectivity index (χ3v) is 9.26. The van der Waals surface area contributed by atoms with Gasteiger partial charge in [0.25, 0.3) is 0 Å². The maximum absolute atomic E-state index is 12.2. The molecule has 0 radical (unpaired) electrons. The van der Waals surface area contributed by atoms with Gasteiger partial charge < -0.3 is 10.4 Å². The van der Waals surface area contributed by atoms with Crippen LogP contribution in [0.2, 0.25) is 0 Å². The molecule has 34 heavy (non-hydrogen) atoms. The van der Waals surface area contributed by atoms with Gasteiger partial charge in [-0.1, -0.05) is 70.4 Å². The monoisotopic (exact) mass is 469 g/mol. The molecule has 1 amide bonds. The van der Waals surface area contributed by atoms with E-state index in [1.807, 2.05) is 27.7 Å². The summed E-state index contributed by atoms with van der Waals surface area (Å²) in [5, 5.41) is 13.3. The summed E-state index contributed by atoms with van der Waals surface area (Å²) in [5.74, 6) is 2.40. The lowest BCUT2D eigenvalue weighted by molar-refractivity contribution is -0.124. The quantitative estimate of drug-likeness (QED) is 0.386. The second kappa shape index (κ2) is 11.1. The lowest BCUT2D eigenvalue weighted by Gasteiger charge is -2.44. The Hall–Kier alpha value is -1.35. The highest BCUT2D eigenvalue weighted by Gasteiger charge is 2.50.